The van der Waals surface area contributed by atoms with E-state index < -0.39 is 0 Å². The molecule has 3 fully saturated rings. The number of carbonyl (C=O) groups is 2. The summed E-state index contributed by atoms with van der Waals surface area (Å²) in [6, 6.07) is 0.904. The molecule has 1 aromatic rings. The summed E-state index contributed by atoms with van der Waals surface area (Å²) in [6.45, 7) is 7.53. The maximum atomic E-state index is 12.8. The third-order valence-electron chi connectivity index (χ3n) is 6.45. The second-order valence-electron chi connectivity index (χ2n) is 9.12. The minimum absolute atomic E-state index is 0.0269. The predicted molar refractivity (Wildman–Crippen MR) is 111 cm³/mol. The van der Waals surface area contributed by atoms with Crippen molar-refractivity contribution in [2.24, 2.45) is 5.92 Å². The summed E-state index contributed by atoms with van der Waals surface area (Å²) in [5.41, 5.74) is 0.572. The summed E-state index contributed by atoms with van der Waals surface area (Å²) in [5, 5.41) is 3.17. The molecule has 7 heteroatoms. The van der Waals surface area contributed by atoms with Gasteiger partial charge in [-0.25, -0.2) is 9.97 Å². The lowest BCUT2D eigenvalue weighted by atomic mass is 9.93. The van der Waals surface area contributed by atoms with Crippen molar-refractivity contribution in [1.29, 1.82) is 0 Å². The van der Waals surface area contributed by atoms with Gasteiger partial charge in [-0.1, -0.05) is 13.8 Å². The van der Waals surface area contributed by atoms with Gasteiger partial charge < -0.3 is 10.2 Å². The quantitative estimate of drug-likeness (QED) is 0.821. The zero-order chi connectivity index (χ0) is 20.4. The Morgan fingerprint density at radius 2 is 1.72 bits per heavy atom. The van der Waals surface area contributed by atoms with E-state index in [4.69, 9.17) is 0 Å². The third-order valence-corrected chi connectivity index (χ3v) is 6.45. The average Bonchev–Trinajstić information content (AvgIpc) is 3.57. The van der Waals surface area contributed by atoms with Crippen molar-refractivity contribution in [2.75, 3.05) is 26.2 Å². The van der Waals surface area contributed by atoms with E-state index in [2.05, 4.69) is 20.2 Å². The fourth-order valence-electron chi connectivity index (χ4n) is 4.46. The molecule has 0 aromatic carbocycles. The largest absolute Gasteiger partial charge is 0.353 e. The number of hydrogen-bond acceptors (Lipinski definition) is 5. The highest BCUT2D eigenvalue weighted by Gasteiger charge is 2.34. The van der Waals surface area contributed by atoms with Crippen LogP contribution in [0.2, 0.25) is 0 Å². The van der Waals surface area contributed by atoms with Crippen molar-refractivity contribution >= 4 is 11.8 Å². The van der Waals surface area contributed by atoms with Gasteiger partial charge in [0.05, 0.1) is 11.5 Å². The molecule has 1 atom stereocenters. The molecule has 0 unspecified atom stereocenters. The SMILES string of the molecule is CC(C)c1ncc(C(=O)N2CCC(N3CCC[C@H](C(=O)NC4CC4)C3)CC2)cn1. The maximum Gasteiger partial charge on any atom is 0.256 e. The first kappa shape index (κ1) is 20.3. The van der Waals surface area contributed by atoms with Gasteiger partial charge in [-0.05, 0) is 45.1 Å². The zero-order valence-corrected chi connectivity index (χ0v) is 17.6. The van der Waals surface area contributed by atoms with Crippen LogP contribution in [0.25, 0.3) is 0 Å². The predicted octanol–water partition coefficient (Wildman–Crippen LogP) is 2.20. The van der Waals surface area contributed by atoms with Crippen LogP contribution in [-0.4, -0.2) is 69.8 Å². The first-order chi connectivity index (χ1) is 14.0. The second kappa shape index (κ2) is 8.78. The van der Waals surface area contributed by atoms with Crippen molar-refractivity contribution in [2.45, 2.75) is 70.4 Å². The molecule has 7 nitrogen and oxygen atoms in total. The maximum absolute atomic E-state index is 12.8. The Bertz CT molecular complexity index is 723. The third kappa shape index (κ3) is 4.94. The number of amides is 2. The minimum atomic E-state index is 0.0269. The summed E-state index contributed by atoms with van der Waals surface area (Å²) >= 11 is 0. The molecule has 29 heavy (non-hydrogen) atoms. The Morgan fingerprint density at radius 3 is 2.34 bits per heavy atom. The van der Waals surface area contributed by atoms with Gasteiger partial charge >= 0.3 is 0 Å². The van der Waals surface area contributed by atoms with Gasteiger partial charge in [0.25, 0.3) is 5.91 Å². The summed E-state index contributed by atoms with van der Waals surface area (Å²) in [5.74, 6) is 1.43. The standard InChI is InChI=1S/C22H33N5O2/c1-15(2)20-23-12-17(13-24-20)22(29)26-10-7-19(8-11-26)27-9-3-4-16(14-27)21(28)25-18-5-6-18/h12-13,15-16,18-19H,3-11,14H2,1-2H3,(H,25,28)/t16-/m0/s1. The number of piperidine rings is 2. The van der Waals surface area contributed by atoms with E-state index in [1.165, 1.54) is 0 Å². The van der Waals surface area contributed by atoms with E-state index >= 15 is 0 Å². The van der Waals surface area contributed by atoms with Crippen LogP contribution in [0.4, 0.5) is 0 Å². The number of hydrogen-bond donors (Lipinski definition) is 1. The van der Waals surface area contributed by atoms with Crippen LogP contribution in [0.15, 0.2) is 12.4 Å². The average molecular weight is 400 g/mol. The highest BCUT2D eigenvalue weighted by Crippen LogP contribution is 2.26. The summed E-state index contributed by atoms with van der Waals surface area (Å²) in [7, 11) is 0. The van der Waals surface area contributed by atoms with Crippen LogP contribution >= 0.6 is 0 Å². The van der Waals surface area contributed by atoms with E-state index in [1.54, 1.807) is 12.4 Å². The van der Waals surface area contributed by atoms with Crippen molar-refractivity contribution < 1.29 is 9.59 Å². The van der Waals surface area contributed by atoms with E-state index in [0.29, 0.717) is 17.6 Å². The zero-order valence-electron chi connectivity index (χ0n) is 17.6. The molecule has 1 saturated carbocycles. The molecular weight excluding hydrogens is 366 g/mol. The van der Waals surface area contributed by atoms with E-state index in [1.807, 2.05) is 18.7 Å². The minimum Gasteiger partial charge on any atom is -0.353 e. The number of rotatable bonds is 5. The first-order valence-electron chi connectivity index (χ1n) is 11.2. The molecule has 2 aliphatic heterocycles. The van der Waals surface area contributed by atoms with Gasteiger partial charge in [0.1, 0.15) is 5.82 Å². The van der Waals surface area contributed by atoms with Crippen molar-refractivity contribution in [3.05, 3.63) is 23.8 Å². The highest BCUT2D eigenvalue weighted by atomic mass is 16.2. The van der Waals surface area contributed by atoms with Crippen LogP contribution < -0.4 is 5.32 Å². The lowest BCUT2D eigenvalue weighted by Crippen LogP contribution is -2.51. The Balaban J connectivity index is 1.28. The van der Waals surface area contributed by atoms with Crippen LogP contribution in [0.1, 0.15) is 74.5 Å². The number of likely N-dealkylation sites (tertiary alicyclic amines) is 2. The number of carbonyl (C=O) groups excluding carboxylic acids is 2. The smallest absolute Gasteiger partial charge is 0.256 e. The molecule has 0 spiro atoms. The Morgan fingerprint density at radius 1 is 1.03 bits per heavy atom. The molecule has 0 radical (unpaired) electrons. The van der Waals surface area contributed by atoms with E-state index in [-0.39, 0.29) is 23.7 Å². The lowest BCUT2D eigenvalue weighted by molar-refractivity contribution is -0.127. The molecular formula is C22H33N5O2. The van der Waals surface area contributed by atoms with Crippen LogP contribution in [0, 0.1) is 5.92 Å². The van der Waals surface area contributed by atoms with Gasteiger partial charge in [0.2, 0.25) is 5.91 Å². The van der Waals surface area contributed by atoms with Crippen molar-refractivity contribution in [3.8, 4) is 0 Å². The van der Waals surface area contributed by atoms with Crippen LogP contribution in [-0.2, 0) is 4.79 Å². The van der Waals surface area contributed by atoms with E-state index in [0.717, 1.165) is 70.5 Å². The Labute approximate surface area is 173 Å². The highest BCUT2D eigenvalue weighted by molar-refractivity contribution is 5.93. The van der Waals surface area contributed by atoms with Gasteiger partial charge in [-0.15, -0.1) is 0 Å². The topological polar surface area (TPSA) is 78.4 Å². The molecule has 1 aliphatic carbocycles. The monoisotopic (exact) mass is 399 g/mol. The molecule has 2 saturated heterocycles. The number of nitrogens with one attached hydrogen (secondary N) is 1. The molecule has 4 rings (SSSR count). The summed E-state index contributed by atoms with van der Waals surface area (Å²) in [4.78, 5) is 38.3. The van der Waals surface area contributed by atoms with Crippen molar-refractivity contribution in [3.63, 3.8) is 0 Å². The molecule has 0 bridgehead atoms. The van der Waals surface area contributed by atoms with E-state index in [9.17, 15) is 9.59 Å². The lowest BCUT2D eigenvalue weighted by Gasteiger charge is -2.42. The van der Waals surface area contributed by atoms with Gasteiger partial charge in [-0.2, -0.15) is 0 Å². The molecule has 3 aliphatic rings. The molecule has 2 amide bonds. The first-order valence-corrected chi connectivity index (χ1v) is 11.2. The normalized spacial score (nSPS) is 24.0. The molecule has 3 heterocycles. The molecule has 158 valence electrons. The van der Waals surface area contributed by atoms with Crippen molar-refractivity contribution in [1.82, 2.24) is 25.1 Å². The summed E-state index contributed by atoms with van der Waals surface area (Å²) < 4.78 is 0. The molecule has 1 N–H and O–H groups in total. The fraction of sp³-hybridized carbons (Fsp3) is 0.727. The fourth-order valence-corrected chi connectivity index (χ4v) is 4.46. The Hall–Kier alpha value is -2.02. The number of nitrogens with zero attached hydrogens (tertiary/aromatic N) is 4. The van der Waals surface area contributed by atoms with Gasteiger partial charge in [-0.3, -0.25) is 14.5 Å². The van der Waals surface area contributed by atoms with Gasteiger partial charge in [0, 0.05) is 50.0 Å². The Kier molecular flexibility index (Phi) is 6.13. The van der Waals surface area contributed by atoms with Gasteiger partial charge in [0.15, 0.2) is 0 Å². The molecule has 1 aromatic heterocycles. The summed E-state index contributed by atoms with van der Waals surface area (Å²) in [6.07, 6.45) is 9.61. The number of aromatic nitrogens is 2. The van der Waals surface area contributed by atoms with Crippen LogP contribution in [0.5, 0.6) is 0 Å². The van der Waals surface area contributed by atoms with Crippen LogP contribution in [0.3, 0.4) is 0 Å². The second-order valence-corrected chi connectivity index (χ2v) is 9.12.